The first-order chi connectivity index (χ1) is 20.3. The zero-order chi connectivity index (χ0) is 34.1. The standard InChI is InChI=1S/C24H21F15O6/c1-17(20(25,26)27,43-8-14-5-40-14)11-2-12(18(21(28,29)30,22(31,32)33)44-9-15-6-41-15)4-13(3-11)19(23(34,35)36,24(37,38)39)45-10-16-7-42-16/h2-4,14-16H,5-10H2,1H3. The highest BCUT2D eigenvalue weighted by atomic mass is 19.4. The van der Waals surface area contributed by atoms with Crippen molar-refractivity contribution in [1.29, 1.82) is 0 Å². The Balaban J connectivity index is 2.10. The first-order valence-corrected chi connectivity index (χ1v) is 12.6. The Hall–Kier alpha value is -2.07. The van der Waals surface area contributed by atoms with E-state index in [-0.39, 0.29) is 13.5 Å². The zero-order valence-corrected chi connectivity index (χ0v) is 22.3. The van der Waals surface area contributed by atoms with Crippen molar-refractivity contribution >= 4 is 0 Å². The average Bonchev–Trinajstić information content (AvgIpc) is 3.69. The molecule has 0 N–H and O–H groups in total. The number of ether oxygens (including phenoxy) is 6. The first kappa shape index (κ1) is 35.8. The number of hydrogen-bond donors (Lipinski definition) is 0. The van der Waals surface area contributed by atoms with E-state index in [0.717, 1.165) is 0 Å². The van der Waals surface area contributed by atoms with Crippen molar-refractivity contribution in [3.05, 3.63) is 34.9 Å². The van der Waals surface area contributed by atoms with E-state index in [9.17, 15) is 65.9 Å². The van der Waals surface area contributed by atoms with Gasteiger partial charge in [0.05, 0.1) is 39.6 Å². The van der Waals surface area contributed by atoms with E-state index in [0.29, 0.717) is 0 Å². The number of hydrogen-bond acceptors (Lipinski definition) is 6. The summed E-state index contributed by atoms with van der Waals surface area (Å²) >= 11 is 0. The Kier molecular flexibility index (Phi) is 8.96. The lowest BCUT2D eigenvalue weighted by atomic mass is 9.80. The predicted octanol–water partition coefficient (Wildman–Crippen LogP) is 6.35. The molecule has 3 aliphatic rings. The molecule has 3 fully saturated rings. The van der Waals surface area contributed by atoms with Crippen molar-refractivity contribution in [2.75, 3.05) is 39.6 Å². The highest BCUT2D eigenvalue weighted by Gasteiger charge is 2.77. The second-order valence-corrected chi connectivity index (χ2v) is 10.5. The molecule has 21 heteroatoms. The summed E-state index contributed by atoms with van der Waals surface area (Å²) in [7, 11) is 0. The molecule has 0 spiro atoms. The zero-order valence-electron chi connectivity index (χ0n) is 22.3. The molecule has 3 heterocycles. The van der Waals surface area contributed by atoms with Gasteiger partial charge in [0.2, 0.25) is 0 Å². The molecular formula is C24H21F15O6. The second-order valence-electron chi connectivity index (χ2n) is 10.5. The minimum atomic E-state index is -6.73. The normalized spacial score (nSPS) is 24.4. The van der Waals surface area contributed by atoms with Crippen molar-refractivity contribution in [1.82, 2.24) is 0 Å². The van der Waals surface area contributed by atoms with E-state index in [2.05, 4.69) is 23.7 Å². The molecule has 0 amide bonds. The molecule has 258 valence electrons. The van der Waals surface area contributed by atoms with Gasteiger partial charge in [-0.25, -0.2) is 0 Å². The van der Waals surface area contributed by atoms with Gasteiger partial charge < -0.3 is 28.4 Å². The topological polar surface area (TPSA) is 65.3 Å². The summed E-state index contributed by atoms with van der Waals surface area (Å²) in [5, 5.41) is 0. The maximum atomic E-state index is 14.5. The van der Waals surface area contributed by atoms with E-state index >= 15 is 0 Å². The molecule has 0 saturated carbocycles. The van der Waals surface area contributed by atoms with Crippen LogP contribution in [0.25, 0.3) is 0 Å². The summed E-state index contributed by atoms with van der Waals surface area (Å²) < 4.78 is 243. The second kappa shape index (κ2) is 11.3. The van der Waals surface area contributed by atoms with Crippen LogP contribution < -0.4 is 0 Å². The molecule has 6 nitrogen and oxygen atoms in total. The molecule has 3 aliphatic heterocycles. The third-order valence-corrected chi connectivity index (χ3v) is 7.17. The number of rotatable bonds is 12. The molecule has 4 rings (SSSR count). The first-order valence-electron chi connectivity index (χ1n) is 12.6. The highest BCUT2D eigenvalue weighted by molar-refractivity contribution is 5.43. The summed E-state index contributed by atoms with van der Waals surface area (Å²) in [4.78, 5) is 0. The minimum absolute atomic E-state index is 0.00176. The molecule has 0 aromatic heterocycles. The molecule has 4 atom stereocenters. The van der Waals surface area contributed by atoms with Crippen LogP contribution in [0.15, 0.2) is 18.2 Å². The van der Waals surface area contributed by atoms with Crippen LogP contribution in [0.3, 0.4) is 0 Å². The molecule has 0 radical (unpaired) electrons. The third-order valence-electron chi connectivity index (χ3n) is 7.17. The Bertz CT molecular complexity index is 1110. The lowest BCUT2D eigenvalue weighted by Crippen LogP contribution is -2.58. The minimum Gasteiger partial charge on any atom is -0.371 e. The Morgan fingerprint density at radius 2 is 0.756 bits per heavy atom. The molecule has 3 saturated heterocycles. The van der Waals surface area contributed by atoms with Gasteiger partial charge in [0.25, 0.3) is 11.2 Å². The molecule has 1 aromatic rings. The summed E-state index contributed by atoms with van der Waals surface area (Å²) in [6.07, 6.45) is -36.6. The number of halogens is 15. The monoisotopic (exact) mass is 690 g/mol. The summed E-state index contributed by atoms with van der Waals surface area (Å²) in [6, 6.07) is -1.87. The maximum absolute atomic E-state index is 14.5. The van der Waals surface area contributed by atoms with Crippen LogP contribution in [0, 0.1) is 0 Å². The molecule has 0 bridgehead atoms. The Morgan fingerprint density at radius 3 is 1.00 bits per heavy atom. The van der Waals surface area contributed by atoms with Gasteiger partial charge in [0, 0.05) is 11.1 Å². The fourth-order valence-electron chi connectivity index (χ4n) is 4.30. The van der Waals surface area contributed by atoms with Crippen LogP contribution in [0.1, 0.15) is 23.6 Å². The number of benzene rings is 1. The van der Waals surface area contributed by atoms with Crippen LogP contribution >= 0.6 is 0 Å². The molecular weight excluding hydrogens is 669 g/mol. The van der Waals surface area contributed by atoms with Crippen LogP contribution in [-0.4, -0.2) is 88.8 Å². The van der Waals surface area contributed by atoms with Crippen molar-refractivity contribution in [2.24, 2.45) is 0 Å². The van der Waals surface area contributed by atoms with E-state index in [1.165, 1.54) is 0 Å². The van der Waals surface area contributed by atoms with Gasteiger partial charge in [-0.3, -0.25) is 0 Å². The molecule has 1 aromatic carbocycles. The lowest BCUT2D eigenvalue weighted by Gasteiger charge is -2.42. The highest BCUT2D eigenvalue weighted by Crippen LogP contribution is 2.58. The fraction of sp³-hybridized carbons (Fsp3) is 0.750. The summed E-state index contributed by atoms with van der Waals surface area (Å²) in [5.41, 5.74) is -22.8. The predicted molar refractivity (Wildman–Crippen MR) is 115 cm³/mol. The smallest absolute Gasteiger partial charge is 0.371 e. The van der Waals surface area contributed by atoms with E-state index < -0.39 is 134 Å². The van der Waals surface area contributed by atoms with Crippen molar-refractivity contribution in [3.8, 4) is 0 Å². The SMILES string of the molecule is CC(OCC1CO1)(c1cc(C(OCC2CO2)(C(F)(F)F)C(F)(F)F)cc(C(OCC2CO2)(C(F)(F)F)C(F)(F)F)c1)C(F)(F)F. The van der Waals surface area contributed by atoms with Gasteiger partial charge in [0.15, 0.2) is 5.60 Å². The van der Waals surface area contributed by atoms with Gasteiger partial charge in [-0.1, -0.05) is 0 Å². The van der Waals surface area contributed by atoms with Crippen LogP contribution in [0.4, 0.5) is 65.9 Å². The summed E-state index contributed by atoms with van der Waals surface area (Å²) in [6.45, 7) is -5.21. The van der Waals surface area contributed by atoms with Gasteiger partial charge in [-0.2, -0.15) is 65.9 Å². The van der Waals surface area contributed by atoms with Crippen LogP contribution in [0.5, 0.6) is 0 Å². The van der Waals surface area contributed by atoms with Crippen molar-refractivity contribution in [3.63, 3.8) is 0 Å². The molecule has 4 unspecified atom stereocenters. The molecule has 0 aliphatic carbocycles. The number of epoxide rings is 3. The largest absolute Gasteiger partial charge is 0.430 e. The Labute approximate surface area is 242 Å². The lowest BCUT2D eigenvalue weighted by molar-refractivity contribution is -0.392. The molecule has 45 heavy (non-hydrogen) atoms. The average molecular weight is 690 g/mol. The van der Waals surface area contributed by atoms with E-state index in [1.807, 2.05) is 0 Å². The van der Waals surface area contributed by atoms with E-state index in [1.54, 1.807) is 0 Å². The van der Waals surface area contributed by atoms with Gasteiger partial charge in [-0.15, -0.1) is 0 Å². The Morgan fingerprint density at radius 1 is 0.489 bits per heavy atom. The quantitative estimate of drug-likeness (QED) is 0.188. The van der Waals surface area contributed by atoms with Crippen LogP contribution in [-0.2, 0) is 45.2 Å². The third kappa shape index (κ3) is 6.69. The van der Waals surface area contributed by atoms with Crippen molar-refractivity contribution < 1.29 is 94.3 Å². The van der Waals surface area contributed by atoms with Gasteiger partial charge in [-0.05, 0) is 30.7 Å². The van der Waals surface area contributed by atoms with Gasteiger partial charge >= 0.3 is 30.9 Å². The van der Waals surface area contributed by atoms with Gasteiger partial charge in [0.1, 0.15) is 18.3 Å². The maximum Gasteiger partial charge on any atom is 0.430 e. The fourth-order valence-corrected chi connectivity index (χ4v) is 4.30. The summed E-state index contributed by atoms with van der Waals surface area (Å²) in [5.74, 6) is 0. The van der Waals surface area contributed by atoms with E-state index in [4.69, 9.17) is 4.74 Å². The van der Waals surface area contributed by atoms with Crippen LogP contribution in [0.2, 0.25) is 0 Å². The van der Waals surface area contributed by atoms with Crippen molar-refractivity contribution in [2.45, 2.75) is 72.9 Å². The number of alkyl halides is 15.